The van der Waals surface area contributed by atoms with E-state index in [0.717, 1.165) is 21.9 Å². The molecule has 1 saturated heterocycles. The molecule has 3 fully saturated rings. The van der Waals surface area contributed by atoms with Crippen molar-refractivity contribution in [3.05, 3.63) is 54.3 Å². The number of cyclic esters (lactones) is 1. The molecule has 2 saturated carbocycles. The minimum atomic E-state index is -3.84. The van der Waals surface area contributed by atoms with Crippen molar-refractivity contribution >= 4 is 50.4 Å². The van der Waals surface area contributed by atoms with E-state index in [1.807, 2.05) is 52.0 Å². The van der Waals surface area contributed by atoms with Crippen LogP contribution in [0.2, 0.25) is 0 Å². The SMILES string of the molecule is C=C[C@H]1C[C@]1(CC(=O)[C@@H]1C[C@@H]2CN1C(=O)[C@H](C(C)(C)C)CC(=O)OCCC/C=C/c1cc(C)c3ccnc(c3c1)O2)C(=O)NS(=O)(=O)C1CC1. The number of benzene rings is 1. The van der Waals surface area contributed by atoms with Crippen molar-refractivity contribution in [3.8, 4) is 5.88 Å². The van der Waals surface area contributed by atoms with E-state index in [2.05, 4.69) is 22.4 Å². The van der Waals surface area contributed by atoms with Crippen LogP contribution in [-0.4, -0.2) is 72.4 Å². The molecule has 2 aliphatic heterocycles. The van der Waals surface area contributed by atoms with Crippen molar-refractivity contribution in [2.24, 2.45) is 22.7 Å². The summed E-state index contributed by atoms with van der Waals surface area (Å²) in [6, 6.07) is 5.03. The predicted octanol–water partition coefficient (Wildman–Crippen LogP) is 5.05. The average molecular weight is 706 g/mol. The van der Waals surface area contributed by atoms with Crippen LogP contribution in [-0.2, 0) is 33.9 Å². The van der Waals surface area contributed by atoms with Crippen molar-refractivity contribution in [1.29, 1.82) is 0 Å². The average Bonchev–Trinajstić information content (AvgIpc) is 3.97. The van der Waals surface area contributed by atoms with E-state index < -0.39 is 56.0 Å². The van der Waals surface area contributed by atoms with Gasteiger partial charge >= 0.3 is 5.97 Å². The highest BCUT2D eigenvalue weighted by Gasteiger charge is 2.61. The van der Waals surface area contributed by atoms with Gasteiger partial charge in [0.15, 0.2) is 5.78 Å². The zero-order valence-electron chi connectivity index (χ0n) is 29.3. The van der Waals surface area contributed by atoms with Crippen LogP contribution in [0.15, 0.2) is 43.1 Å². The number of nitrogens with zero attached hydrogens (tertiary/aromatic N) is 2. The number of allylic oxidation sites excluding steroid dienone is 2. The Morgan fingerprint density at radius 1 is 1.18 bits per heavy atom. The Labute approximate surface area is 293 Å². The maximum atomic E-state index is 14.5. The number of nitrogens with one attached hydrogen (secondary N) is 1. The molecular weight excluding hydrogens is 658 g/mol. The Morgan fingerprint density at radius 3 is 2.62 bits per heavy atom. The number of carbonyl (C=O) groups is 4. The summed E-state index contributed by atoms with van der Waals surface area (Å²) in [5.74, 6) is -2.74. The van der Waals surface area contributed by atoms with E-state index in [9.17, 15) is 27.6 Å². The van der Waals surface area contributed by atoms with Gasteiger partial charge in [0.05, 0.1) is 42.2 Å². The topological polar surface area (TPSA) is 149 Å². The van der Waals surface area contributed by atoms with Crippen molar-refractivity contribution in [3.63, 3.8) is 0 Å². The quantitative estimate of drug-likeness (QED) is 0.309. The lowest BCUT2D eigenvalue weighted by Gasteiger charge is -2.34. The van der Waals surface area contributed by atoms with Gasteiger partial charge in [0, 0.05) is 24.4 Å². The molecule has 3 heterocycles. The molecule has 11 nitrogen and oxygen atoms in total. The smallest absolute Gasteiger partial charge is 0.306 e. The molecule has 2 aliphatic carbocycles. The standard InChI is InChI=1S/C38H47N3O8S/c1-6-25-20-38(25,36(45)40-50(46,47)27-11-12-27)21-32(42)31-18-26-22-41(31)35(44)30(37(3,4)5)19-33(43)48-15-9-7-8-10-24-16-23(2)28-13-14-39-34(49-26)29(28)17-24/h6,8,10,13-14,16-17,25-27,30-31H,1,7,9,11-12,15,18-22H2,2-5H3,(H,40,45)/b10-8+/t25-,26+,30+,31-,38+/m0/s1. The van der Waals surface area contributed by atoms with E-state index in [0.29, 0.717) is 31.6 Å². The van der Waals surface area contributed by atoms with E-state index >= 15 is 0 Å². The van der Waals surface area contributed by atoms with E-state index in [1.165, 1.54) is 4.90 Å². The monoisotopic (exact) mass is 705 g/mol. The van der Waals surface area contributed by atoms with Crippen molar-refractivity contribution in [2.75, 3.05) is 13.2 Å². The van der Waals surface area contributed by atoms with Gasteiger partial charge < -0.3 is 14.4 Å². The summed E-state index contributed by atoms with van der Waals surface area (Å²) in [6.07, 6.45) is 8.98. The van der Waals surface area contributed by atoms with Gasteiger partial charge in [-0.25, -0.2) is 13.4 Å². The van der Waals surface area contributed by atoms with Gasteiger partial charge in [0.1, 0.15) is 6.10 Å². The Hall–Kier alpha value is -4.06. The second-order valence-corrected chi connectivity index (χ2v) is 17.4. The number of hydrogen-bond acceptors (Lipinski definition) is 9. The predicted molar refractivity (Wildman–Crippen MR) is 188 cm³/mol. The van der Waals surface area contributed by atoms with Crippen LogP contribution in [0.1, 0.15) is 83.3 Å². The number of esters is 1. The van der Waals surface area contributed by atoms with Crippen molar-refractivity contribution in [1.82, 2.24) is 14.6 Å². The maximum Gasteiger partial charge on any atom is 0.306 e. The number of sulfonamides is 1. The third kappa shape index (κ3) is 7.36. The minimum Gasteiger partial charge on any atom is -0.472 e. The minimum absolute atomic E-state index is 0.0631. The summed E-state index contributed by atoms with van der Waals surface area (Å²) < 4.78 is 39.7. The number of rotatable bonds is 7. The fourth-order valence-electron chi connectivity index (χ4n) is 7.36. The van der Waals surface area contributed by atoms with Gasteiger partial charge in [-0.3, -0.25) is 23.9 Å². The maximum absolute atomic E-state index is 14.5. The molecule has 1 N–H and O–H groups in total. The van der Waals surface area contributed by atoms with Crippen LogP contribution < -0.4 is 9.46 Å². The molecule has 0 spiro atoms. The summed E-state index contributed by atoms with van der Waals surface area (Å²) in [6.45, 7) is 11.7. The Bertz CT molecular complexity index is 1860. The third-order valence-corrected chi connectivity index (χ3v) is 12.4. The summed E-state index contributed by atoms with van der Waals surface area (Å²) in [4.78, 5) is 61.5. The number of ketones is 1. The fraction of sp³-hybridized carbons (Fsp3) is 0.553. The van der Waals surface area contributed by atoms with Crippen molar-refractivity contribution in [2.45, 2.75) is 96.5 Å². The first-order chi connectivity index (χ1) is 23.6. The molecule has 4 bridgehead atoms. The normalized spacial score (nSPS) is 28.3. The number of ether oxygens (including phenoxy) is 2. The van der Waals surface area contributed by atoms with E-state index in [4.69, 9.17) is 9.47 Å². The zero-order valence-corrected chi connectivity index (χ0v) is 30.1. The molecule has 2 amide bonds. The lowest BCUT2D eigenvalue weighted by Crippen LogP contribution is -2.48. The Morgan fingerprint density at radius 2 is 1.94 bits per heavy atom. The van der Waals surface area contributed by atoms with Gasteiger partial charge in [0.25, 0.3) is 0 Å². The molecule has 268 valence electrons. The number of Topliss-reactive ketones (excluding diaryl/α,β-unsaturated/α-hetero) is 1. The summed E-state index contributed by atoms with van der Waals surface area (Å²) in [5, 5.41) is 1.18. The highest BCUT2D eigenvalue weighted by atomic mass is 32.2. The number of aryl methyl sites for hydroxylation is 1. The second kappa shape index (κ2) is 13.6. The highest BCUT2D eigenvalue weighted by molar-refractivity contribution is 7.90. The number of aromatic nitrogens is 1. The number of fused-ring (bicyclic) bond motifs is 3. The number of pyridine rings is 1. The van der Waals surface area contributed by atoms with Gasteiger partial charge in [-0.05, 0) is 79.0 Å². The lowest BCUT2D eigenvalue weighted by molar-refractivity contribution is -0.153. The molecule has 5 atom stereocenters. The largest absolute Gasteiger partial charge is 0.472 e. The van der Waals surface area contributed by atoms with Crippen molar-refractivity contribution < 1.29 is 37.1 Å². The van der Waals surface area contributed by atoms with Crippen LogP contribution in [0.3, 0.4) is 0 Å². The Kier molecular flexibility index (Phi) is 9.71. The first-order valence-corrected chi connectivity index (χ1v) is 19.1. The molecule has 50 heavy (non-hydrogen) atoms. The highest BCUT2D eigenvalue weighted by Crippen LogP contribution is 2.57. The summed E-state index contributed by atoms with van der Waals surface area (Å²) in [7, 11) is -3.84. The summed E-state index contributed by atoms with van der Waals surface area (Å²) >= 11 is 0. The van der Waals surface area contributed by atoms with Gasteiger partial charge in [-0.15, -0.1) is 6.58 Å². The van der Waals surface area contributed by atoms with E-state index in [1.54, 1.807) is 12.3 Å². The van der Waals surface area contributed by atoms with Crippen LogP contribution >= 0.6 is 0 Å². The number of amides is 2. The number of hydrogen-bond donors (Lipinski definition) is 1. The molecule has 6 rings (SSSR count). The van der Waals surface area contributed by atoms with Crippen LogP contribution in [0.25, 0.3) is 16.8 Å². The summed E-state index contributed by atoms with van der Waals surface area (Å²) in [5.41, 5.74) is 0.0753. The zero-order chi connectivity index (χ0) is 36.0. The third-order valence-electron chi connectivity index (χ3n) is 10.6. The van der Waals surface area contributed by atoms with Crippen LogP contribution in [0.4, 0.5) is 0 Å². The lowest BCUT2D eigenvalue weighted by atomic mass is 9.77. The molecule has 12 heteroatoms. The van der Waals surface area contributed by atoms with Crippen LogP contribution in [0, 0.1) is 29.6 Å². The molecule has 0 unspecified atom stereocenters. The first-order valence-electron chi connectivity index (χ1n) is 17.5. The fourth-order valence-corrected chi connectivity index (χ4v) is 8.74. The van der Waals surface area contributed by atoms with Gasteiger partial charge in [0.2, 0.25) is 27.7 Å². The Balaban J connectivity index is 1.35. The molecular formula is C38H47N3O8S. The molecule has 1 aromatic heterocycles. The van der Waals surface area contributed by atoms with Gasteiger partial charge in [-0.1, -0.05) is 45.1 Å². The van der Waals surface area contributed by atoms with Gasteiger partial charge in [-0.2, -0.15) is 0 Å². The number of carbonyl (C=O) groups excluding carboxylic acids is 4. The molecule has 4 aliphatic rings. The van der Waals surface area contributed by atoms with Crippen LogP contribution in [0.5, 0.6) is 5.88 Å². The molecule has 0 radical (unpaired) electrons. The first kappa shape index (κ1) is 35.8. The van der Waals surface area contributed by atoms with E-state index in [-0.39, 0.29) is 56.4 Å². The molecule has 1 aromatic carbocycles. The molecule has 2 aromatic rings. The second-order valence-electron chi connectivity index (χ2n) is 15.4.